The number of aromatic nitrogens is 3. The number of amides is 1. The third kappa shape index (κ3) is 3.65. The van der Waals surface area contributed by atoms with E-state index in [-0.39, 0.29) is 23.7 Å². The first-order valence-corrected chi connectivity index (χ1v) is 9.41. The Hall–Kier alpha value is -2.51. The van der Waals surface area contributed by atoms with Crippen molar-refractivity contribution in [2.45, 2.75) is 58.7 Å². The van der Waals surface area contributed by atoms with E-state index in [9.17, 15) is 9.59 Å². The number of ether oxygens (including phenoxy) is 1. The summed E-state index contributed by atoms with van der Waals surface area (Å²) >= 11 is 0. The van der Waals surface area contributed by atoms with Crippen molar-refractivity contribution in [3.63, 3.8) is 0 Å². The van der Waals surface area contributed by atoms with Crippen LogP contribution in [0.1, 0.15) is 41.0 Å². The quantitative estimate of drug-likeness (QED) is 0.872. The monoisotopic (exact) mass is 375 g/mol. The Kier molecular flexibility index (Phi) is 4.92. The number of fused-ring (bicyclic) bond motifs is 1. The van der Waals surface area contributed by atoms with E-state index in [0.717, 1.165) is 23.1 Å². The third-order valence-electron chi connectivity index (χ3n) is 5.08. The molecule has 1 fully saturated rings. The van der Waals surface area contributed by atoms with Crippen LogP contribution < -0.4 is 10.5 Å². The summed E-state index contributed by atoms with van der Waals surface area (Å²) in [6.45, 7) is 10.9. The van der Waals surface area contributed by atoms with E-state index in [2.05, 4.69) is 28.9 Å². The van der Waals surface area contributed by atoms with Gasteiger partial charge in [0, 0.05) is 32.2 Å². The Morgan fingerprint density at radius 2 is 2.07 bits per heavy atom. The Balaban J connectivity index is 1.93. The number of carbonyl (C=O) groups excluding carboxylic acids is 1. The van der Waals surface area contributed by atoms with Gasteiger partial charge < -0.3 is 19.1 Å². The van der Waals surface area contributed by atoms with Gasteiger partial charge in [0.05, 0.1) is 23.4 Å². The molecule has 1 saturated heterocycles. The fraction of sp³-hybridized carbons (Fsp3) is 0.632. The lowest BCUT2D eigenvalue weighted by Crippen LogP contribution is -2.59. The van der Waals surface area contributed by atoms with E-state index in [1.807, 2.05) is 25.7 Å². The number of H-pyrrole nitrogens is 1. The van der Waals surface area contributed by atoms with Gasteiger partial charge in [-0.3, -0.25) is 9.89 Å². The first-order chi connectivity index (χ1) is 12.6. The van der Waals surface area contributed by atoms with E-state index in [4.69, 9.17) is 4.74 Å². The Morgan fingerprint density at radius 1 is 1.37 bits per heavy atom. The van der Waals surface area contributed by atoms with E-state index >= 15 is 0 Å². The first-order valence-electron chi connectivity index (χ1n) is 9.41. The molecule has 1 aliphatic rings. The minimum Gasteiger partial charge on any atom is -0.444 e. The number of carbonyl (C=O) groups is 1. The zero-order chi connectivity index (χ0) is 19.9. The maximum atomic E-state index is 12.7. The van der Waals surface area contributed by atoms with Gasteiger partial charge in [-0.15, -0.1) is 0 Å². The number of anilines is 1. The van der Waals surface area contributed by atoms with Crippen LogP contribution in [-0.2, 0) is 11.8 Å². The van der Waals surface area contributed by atoms with Crippen LogP contribution in [0.2, 0.25) is 0 Å². The number of pyridine rings is 1. The number of nitrogens with zero attached hydrogens (tertiary/aromatic N) is 4. The molecule has 0 aliphatic carbocycles. The lowest BCUT2D eigenvalue weighted by atomic mass is 10.0. The van der Waals surface area contributed by atoms with Crippen molar-refractivity contribution < 1.29 is 9.53 Å². The molecule has 27 heavy (non-hydrogen) atoms. The van der Waals surface area contributed by atoms with Crippen molar-refractivity contribution in [1.82, 2.24) is 19.7 Å². The van der Waals surface area contributed by atoms with Gasteiger partial charge in [-0.05, 0) is 34.1 Å². The largest absolute Gasteiger partial charge is 0.444 e. The average molecular weight is 375 g/mol. The van der Waals surface area contributed by atoms with Crippen molar-refractivity contribution in [1.29, 1.82) is 0 Å². The van der Waals surface area contributed by atoms with Gasteiger partial charge >= 0.3 is 6.09 Å². The molecule has 2 aromatic rings. The van der Waals surface area contributed by atoms with Crippen LogP contribution in [0.15, 0.2) is 17.1 Å². The van der Waals surface area contributed by atoms with Crippen LogP contribution in [0.25, 0.3) is 11.0 Å². The molecular weight excluding hydrogens is 346 g/mol. The highest BCUT2D eigenvalue weighted by Crippen LogP contribution is 2.29. The average Bonchev–Trinajstić information content (AvgIpc) is 3.06. The minimum absolute atomic E-state index is 0.0121. The zero-order valence-corrected chi connectivity index (χ0v) is 16.9. The Morgan fingerprint density at radius 3 is 2.70 bits per heavy atom. The summed E-state index contributed by atoms with van der Waals surface area (Å²) in [4.78, 5) is 29.1. The van der Waals surface area contributed by atoms with Gasteiger partial charge in [0.15, 0.2) is 0 Å². The van der Waals surface area contributed by atoms with Crippen LogP contribution in [-0.4, -0.2) is 56.5 Å². The first kappa shape index (κ1) is 19.3. The van der Waals surface area contributed by atoms with Gasteiger partial charge in [-0.2, -0.15) is 5.10 Å². The van der Waals surface area contributed by atoms with E-state index in [0.29, 0.717) is 13.1 Å². The topological polar surface area (TPSA) is 83.5 Å². The molecule has 2 aromatic heterocycles. The van der Waals surface area contributed by atoms with Crippen LogP contribution in [0.3, 0.4) is 0 Å². The molecule has 0 saturated carbocycles. The molecule has 148 valence electrons. The molecular formula is C19H29N5O3. The summed E-state index contributed by atoms with van der Waals surface area (Å²) in [5.74, 6) is 0. The second-order valence-electron chi connectivity index (χ2n) is 8.25. The smallest absolute Gasteiger partial charge is 0.410 e. The van der Waals surface area contributed by atoms with Gasteiger partial charge in [0.1, 0.15) is 11.1 Å². The van der Waals surface area contributed by atoms with Crippen molar-refractivity contribution >= 4 is 22.8 Å². The molecule has 3 rings (SSSR count). The predicted octanol–water partition coefficient (Wildman–Crippen LogP) is 2.49. The highest BCUT2D eigenvalue weighted by molar-refractivity contribution is 5.88. The Bertz CT molecular complexity index is 895. The van der Waals surface area contributed by atoms with Gasteiger partial charge in [0.25, 0.3) is 5.56 Å². The fourth-order valence-electron chi connectivity index (χ4n) is 3.62. The number of hydrogen-bond acceptors (Lipinski definition) is 5. The molecule has 2 atom stereocenters. The molecule has 0 unspecified atom stereocenters. The lowest BCUT2D eigenvalue weighted by Gasteiger charge is -2.46. The summed E-state index contributed by atoms with van der Waals surface area (Å²) in [6.07, 6.45) is 2.19. The molecule has 0 radical (unpaired) electrons. The lowest BCUT2D eigenvalue weighted by molar-refractivity contribution is 0.0106. The summed E-state index contributed by atoms with van der Waals surface area (Å²) in [6, 6.07) is 1.70. The fourth-order valence-corrected chi connectivity index (χ4v) is 3.62. The van der Waals surface area contributed by atoms with Crippen molar-refractivity contribution in [3.8, 4) is 0 Å². The number of nitrogens with one attached hydrogen (secondary N) is 1. The minimum atomic E-state index is -0.524. The van der Waals surface area contributed by atoms with Crippen LogP contribution in [0, 0.1) is 0 Å². The SMILES string of the molecule is CC[C@@H]1CN(c2cc(=O)n(C)c3cn[nH]c23)[C@@H](C)CN1C(=O)OC(C)(C)C. The van der Waals surface area contributed by atoms with Crippen LogP contribution in [0.5, 0.6) is 0 Å². The van der Waals surface area contributed by atoms with Gasteiger partial charge in [-0.25, -0.2) is 4.79 Å². The number of rotatable bonds is 2. The van der Waals surface area contributed by atoms with E-state index in [1.165, 1.54) is 0 Å². The molecule has 1 N–H and O–H groups in total. The standard InChI is InChI=1S/C19H29N5O3/c1-7-13-11-23(12(2)10-24(13)18(26)27-19(3,4)5)14-8-16(25)22(6)15-9-20-21-17(14)15/h8-9,12-13H,7,10-11H2,1-6H3,(H,20,21)/t12-,13+/m0/s1. The number of aryl methyl sites for hydroxylation is 1. The maximum absolute atomic E-state index is 12.7. The van der Waals surface area contributed by atoms with Crippen molar-refractivity contribution in [2.24, 2.45) is 7.05 Å². The van der Waals surface area contributed by atoms with E-state index in [1.54, 1.807) is 23.9 Å². The third-order valence-corrected chi connectivity index (χ3v) is 5.08. The van der Waals surface area contributed by atoms with Crippen molar-refractivity contribution in [2.75, 3.05) is 18.0 Å². The second kappa shape index (κ2) is 6.90. The summed E-state index contributed by atoms with van der Waals surface area (Å²) < 4.78 is 7.17. The zero-order valence-electron chi connectivity index (χ0n) is 16.9. The molecule has 8 nitrogen and oxygen atoms in total. The number of hydrogen-bond donors (Lipinski definition) is 1. The Labute approximate surface area is 159 Å². The summed E-state index contributed by atoms with van der Waals surface area (Å²) in [5, 5.41) is 7.13. The predicted molar refractivity (Wildman–Crippen MR) is 105 cm³/mol. The molecule has 3 heterocycles. The number of piperazine rings is 1. The molecule has 0 bridgehead atoms. The molecule has 0 spiro atoms. The normalized spacial score (nSPS) is 21.0. The van der Waals surface area contributed by atoms with Crippen LogP contribution in [0.4, 0.5) is 10.5 Å². The van der Waals surface area contributed by atoms with E-state index < -0.39 is 5.60 Å². The molecule has 1 aliphatic heterocycles. The molecule has 1 amide bonds. The maximum Gasteiger partial charge on any atom is 0.410 e. The molecule has 0 aromatic carbocycles. The van der Waals surface area contributed by atoms with Crippen LogP contribution >= 0.6 is 0 Å². The summed E-state index contributed by atoms with van der Waals surface area (Å²) in [7, 11) is 1.74. The number of aromatic amines is 1. The highest BCUT2D eigenvalue weighted by Gasteiger charge is 2.36. The van der Waals surface area contributed by atoms with Gasteiger partial charge in [0.2, 0.25) is 0 Å². The second-order valence-corrected chi connectivity index (χ2v) is 8.25. The van der Waals surface area contributed by atoms with Gasteiger partial charge in [-0.1, -0.05) is 6.92 Å². The van der Waals surface area contributed by atoms with Crippen molar-refractivity contribution in [3.05, 3.63) is 22.6 Å². The molecule has 8 heteroatoms. The summed E-state index contributed by atoms with van der Waals surface area (Å²) in [5.41, 5.74) is 1.84. The highest BCUT2D eigenvalue weighted by atomic mass is 16.6.